The number of hydrogen-bond acceptors (Lipinski definition) is 5. The maximum atomic E-state index is 13.0. The van der Waals surface area contributed by atoms with Crippen molar-refractivity contribution >= 4 is 39.2 Å². The first-order valence-electron chi connectivity index (χ1n) is 8.06. The molecule has 7 nitrogen and oxygen atoms in total. The Hall–Kier alpha value is -2.77. The molecule has 1 amide bonds. The highest BCUT2D eigenvalue weighted by Gasteiger charge is 2.32. The average Bonchev–Trinajstić information content (AvgIpc) is 2.63. The molecule has 2 aromatic carbocycles. The molecule has 0 fully saturated rings. The summed E-state index contributed by atoms with van der Waals surface area (Å²) in [5.41, 5.74) is -1.52. The molecule has 0 aliphatic heterocycles. The minimum Gasteiger partial charge on any atom is -0.455 e. The molecule has 0 saturated carbocycles. The molecular weight excluding hydrogens is 475 g/mol. The molecule has 2 rings (SSSR count). The molecule has 168 valence electrons. The quantitative estimate of drug-likeness (QED) is 0.462. The largest absolute Gasteiger partial charge is 0.455 e. The van der Waals surface area contributed by atoms with Crippen LogP contribution in [0.15, 0.2) is 41.3 Å². The highest BCUT2D eigenvalue weighted by molar-refractivity contribution is 7.89. The number of hydrogen-bond donors (Lipinski definition) is 2. The van der Waals surface area contributed by atoms with Gasteiger partial charge in [0, 0.05) is 11.8 Å². The lowest BCUT2D eigenvalue weighted by Crippen LogP contribution is -2.32. The first-order chi connectivity index (χ1) is 14.3. The standard InChI is InChI=1S/C17H12ClF5N2O5S/c18-13-2-1-9(17(21,22)23)3-14(13)31(28,29)24-7-16(27)30-8-15(26)25-12-5-10(19)4-11(20)6-12/h1-6,24H,7-8H2,(H,25,26). The normalized spacial score (nSPS) is 11.8. The fourth-order valence-corrected chi connectivity index (χ4v) is 3.63. The van der Waals surface area contributed by atoms with Gasteiger partial charge in [0.25, 0.3) is 5.91 Å². The lowest BCUT2D eigenvalue weighted by molar-refractivity contribution is -0.146. The topological polar surface area (TPSA) is 102 Å². The summed E-state index contributed by atoms with van der Waals surface area (Å²) >= 11 is 5.64. The Kier molecular flexibility index (Phi) is 7.57. The summed E-state index contributed by atoms with van der Waals surface area (Å²) in [5.74, 6) is -4.17. The number of carbonyl (C=O) groups excluding carboxylic acids is 2. The van der Waals surface area contributed by atoms with E-state index in [4.69, 9.17) is 11.6 Å². The van der Waals surface area contributed by atoms with Crippen LogP contribution in [-0.4, -0.2) is 33.4 Å². The summed E-state index contributed by atoms with van der Waals surface area (Å²) in [6.07, 6.45) is -4.83. The van der Waals surface area contributed by atoms with Gasteiger partial charge in [0.2, 0.25) is 10.0 Å². The van der Waals surface area contributed by atoms with Crippen molar-refractivity contribution in [3.63, 3.8) is 0 Å². The summed E-state index contributed by atoms with van der Waals surface area (Å²) in [6.45, 7) is -1.96. The molecule has 0 saturated heterocycles. The van der Waals surface area contributed by atoms with Gasteiger partial charge >= 0.3 is 12.1 Å². The molecule has 0 aliphatic carbocycles. The Bertz CT molecular complexity index is 1090. The van der Waals surface area contributed by atoms with Gasteiger partial charge in [-0.15, -0.1) is 0 Å². The predicted molar refractivity (Wildman–Crippen MR) is 97.6 cm³/mol. The molecule has 2 N–H and O–H groups in total. The minimum absolute atomic E-state index is 0.251. The third-order valence-electron chi connectivity index (χ3n) is 3.47. The van der Waals surface area contributed by atoms with Gasteiger partial charge in [-0.2, -0.15) is 17.9 Å². The van der Waals surface area contributed by atoms with Crippen molar-refractivity contribution < 1.29 is 44.7 Å². The lowest BCUT2D eigenvalue weighted by atomic mass is 10.2. The van der Waals surface area contributed by atoms with E-state index in [1.165, 1.54) is 0 Å². The number of alkyl halides is 3. The van der Waals surface area contributed by atoms with Crippen LogP contribution in [0.4, 0.5) is 27.6 Å². The predicted octanol–water partition coefficient (Wildman–Crippen LogP) is 3.10. The van der Waals surface area contributed by atoms with Crippen LogP contribution in [0.5, 0.6) is 0 Å². The third-order valence-corrected chi connectivity index (χ3v) is 5.35. The molecule has 14 heteroatoms. The second-order valence-corrected chi connectivity index (χ2v) is 7.98. The summed E-state index contributed by atoms with van der Waals surface area (Å²) in [4.78, 5) is 22.4. The molecule has 2 aromatic rings. The Balaban J connectivity index is 1.94. The maximum absolute atomic E-state index is 13.0. The molecule has 0 atom stereocenters. The molecule has 0 aromatic heterocycles. The van der Waals surface area contributed by atoms with Crippen molar-refractivity contribution in [3.05, 3.63) is 58.6 Å². The van der Waals surface area contributed by atoms with Gasteiger partial charge in [0.15, 0.2) is 6.61 Å². The zero-order valence-corrected chi connectivity index (χ0v) is 16.7. The zero-order valence-electron chi connectivity index (χ0n) is 15.1. The number of sulfonamides is 1. The van der Waals surface area contributed by atoms with Gasteiger partial charge in [-0.3, -0.25) is 9.59 Å². The van der Waals surface area contributed by atoms with Crippen molar-refractivity contribution in [1.82, 2.24) is 4.72 Å². The first-order valence-corrected chi connectivity index (χ1v) is 9.92. The van der Waals surface area contributed by atoms with Gasteiger partial charge in [-0.1, -0.05) is 11.6 Å². The Morgan fingerprint density at radius 2 is 1.65 bits per heavy atom. The molecule has 0 unspecified atom stereocenters. The van der Waals surface area contributed by atoms with Crippen LogP contribution in [0.1, 0.15) is 5.56 Å². The first kappa shape index (κ1) is 24.5. The summed E-state index contributed by atoms with van der Waals surface area (Å²) < 4.78 is 94.9. The number of halogens is 6. The highest BCUT2D eigenvalue weighted by atomic mass is 35.5. The number of carbonyl (C=O) groups is 2. The van der Waals surface area contributed by atoms with E-state index in [0.29, 0.717) is 18.2 Å². The van der Waals surface area contributed by atoms with Gasteiger partial charge < -0.3 is 10.1 Å². The number of rotatable bonds is 7. The van der Waals surface area contributed by atoms with Gasteiger partial charge in [-0.25, -0.2) is 17.2 Å². The molecular formula is C17H12ClF5N2O5S. The maximum Gasteiger partial charge on any atom is 0.416 e. The van der Waals surface area contributed by atoms with E-state index in [0.717, 1.165) is 18.2 Å². The molecule has 0 heterocycles. The van der Waals surface area contributed by atoms with Crippen molar-refractivity contribution in [2.24, 2.45) is 0 Å². The summed E-state index contributed by atoms with van der Waals surface area (Å²) in [6, 6.07) is 3.78. The molecule has 0 radical (unpaired) electrons. The van der Waals surface area contributed by atoms with E-state index in [1.54, 1.807) is 4.72 Å². The number of nitrogens with one attached hydrogen (secondary N) is 2. The van der Waals surface area contributed by atoms with Crippen LogP contribution in [0, 0.1) is 11.6 Å². The van der Waals surface area contributed by atoms with Gasteiger partial charge in [0.05, 0.1) is 10.6 Å². The summed E-state index contributed by atoms with van der Waals surface area (Å²) in [5, 5.41) is 1.53. The number of anilines is 1. The van der Waals surface area contributed by atoms with Crippen LogP contribution in [0.2, 0.25) is 5.02 Å². The van der Waals surface area contributed by atoms with Crippen molar-refractivity contribution in [2.75, 3.05) is 18.5 Å². The number of ether oxygens (including phenoxy) is 1. The fourth-order valence-electron chi connectivity index (χ4n) is 2.14. The van der Waals surface area contributed by atoms with Crippen molar-refractivity contribution in [1.29, 1.82) is 0 Å². The minimum atomic E-state index is -4.83. The van der Waals surface area contributed by atoms with E-state index >= 15 is 0 Å². The van der Waals surface area contributed by atoms with Crippen LogP contribution in [0.25, 0.3) is 0 Å². The number of benzene rings is 2. The number of esters is 1. The zero-order chi connectivity index (χ0) is 23.4. The molecule has 0 spiro atoms. The Labute approximate surface area is 177 Å². The molecule has 0 aliphatic rings. The van der Waals surface area contributed by atoms with E-state index < -0.39 is 68.3 Å². The lowest BCUT2D eigenvalue weighted by Gasteiger charge is -2.12. The van der Waals surface area contributed by atoms with E-state index in [1.807, 2.05) is 5.32 Å². The molecule has 31 heavy (non-hydrogen) atoms. The van der Waals surface area contributed by atoms with E-state index in [9.17, 15) is 40.0 Å². The van der Waals surface area contributed by atoms with Crippen LogP contribution in [-0.2, 0) is 30.5 Å². The third kappa shape index (κ3) is 7.15. The summed E-state index contributed by atoms with van der Waals surface area (Å²) in [7, 11) is -4.63. The monoisotopic (exact) mass is 486 g/mol. The Morgan fingerprint density at radius 3 is 2.23 bits per heavy atom. The smallest absolute Gasteiger partial charge is 0.416 e. The van der Waals surface area contributed by atoms with Crippen LogP contribution < -0.4 is 10.0 Å². The van der Waals surface area contributed by atoms with Gasteiger partial charge in [0.1, 0.15) is 23.1 Å². The second kappa shape index (κ2) is 9.58. The van der Waals surface area contributed by atoms with Crippen LogP contribution in [0.3, 0.4) is 0 Å². The van der Waals surface area contributed by atoms with E-state index in [-0.39, 0.29) is 5.69 Å². The second-order valence-electron chi connectivity index (χ2n) is 5.83. The van der Waals surface area contributed by atoms with Crippen molar-refractivity contribution in [3.8, 4) is 0 Å². The van der Waals surface area contributed by atoms with Crippen molar-refractivity contribution in [2.45, 2.75) is 11.1 Å². The molecule has 0 bridgehead atoms. The average molecular weight is 487 g/mol. The number of amides is 1. The SMILES string of the molecule is O=C(COC(=O)CNS(=O)(=O)c1cc(C(F)(F)F)ccc1Cl)Nc1cc(F)cc(F)c1. The van der Waals surface area contributed by atoms with Gasteiger partial charge in [-0.05, 0) is 30.3 Å². The highest BCUT2D eigenvalue weighted by Crippen LogP contribution is 2.33. The fraction of sp³-hybridized carbons (Fsp3) is 0.176. The Morgan fingerprint density at radius 1 is 1.03 bits per heavy atom. The van der Waals surface area contributed by atoms with Crippen LogP contribution >= 0.6 is 11.6 Å². The van der Waals surface area contributed by atoms with E-state index in [2.05, 4.69) is 4.74 Å².